The van der Waals surface area contributed by atoms with Crippen molar-refractivity contribution in [2.24, 2.45) is 0 Å². The third-order valence-corrected chi connectivity index (χ3v) is 2.15. The number of thiol groups is 1. The van der Waals surface area contributed by atoms with Crippen LogP contribution in [0.3, 0.4) is 0 Å². The van der Waals surface area contributed by atoms with Gasteiger partial charge in [0.05, 0.1) is 6.04 Å². The van der Waals surface area contributed by atoms with Crippen molar-refractivity contribution in [3.63, 3.8) is 0 Å². The van der Waals surface area contributed by atoms with Crippen LogP contribution in [-0.2, 0) is 0 Å². The van der Waals surface area contributed by atoms with E-state index < -0.39 is 4.16 Å². The molecule has 1 aliphatic carbocycles. The summed E-state index contributed by atoms with van der Waals surface area (Å²) in [6.07, 6.45) is 6.20. The molecule has 1 fully saturated rings. The van der Waals surface area contributed by atoms with E-state index in [1.165, 1.54) is 19.3 Å². The summed E-state index contributed by atoms with van der Waals surface area (Å²) >= 11 is 3.95. The summed E-state index contributed by atoms with van der Waals surface area (Å²) in [6, 6.07) is 0.441. The molecular weight excluding hydrogens is 160 g/mol. The summed E-state index contributed by atoms with van der Waals surface area (Å²) < 4.78 is -0.412. The summed E-state index contributed by atoms with van der Waals surface area (Å²) in [7, 11) is 1.61. The van der Waals surface area contributed by atoms with E-state index in [1.54, 1.807) is 7.05 Å². The van der Waals surface area contributed by atoms with Gasteiger partial charge in [0.25, 0.3) is 0 Å². The van der Waals surface area contributed by atoms with Gasteiger partial charge >= 0.3 is 0 Å². The van der Waals surface area contributed by atoms with Crippen LogP contribution in [0.4, 0.5) is 0 Å². The average Bonchev–Trinajstić information content (AvgIpc) is 1.85. The first-order valence-electron chi connectivity index (χ1n) is 4.18. The Morgan fingerprint density at radius 2 is 1.91 bits per heavy atom. The van der Waals surface area contributed by atoms with Crippen LogP contribution in [0.15, 0.2) is 0 Å². The Balaban J connectivity index is 2.24. The Labute approximate surface area is 73.5 Å². The SMILES string of the molecule is C[N+](O)(S)NC1CCCCC1. The number of hydroxylamine groups is 1. The van der Waals surface area contributed by atoms with Crippen molar-refractivity contribution in [1.29, 1.82) is 0 Å². The first-order chi connectivity index (χ1) is 5.08. The molecule has 1 aliphatic rings. The fourth-order valence-electron chi connectivity index (χ4n) is 1.58. The highest BCUT2D eigenvalue weighted by Crippen LogP contribution is 2.18. The molecule has 1 saturated carbocycles. The van der Waals surface area contributed by atoms with E-state index in [9.17, 15) is 5.21 Å². The second kappa shape index (κ2) is 3.76. The van der Waals surface area contributed by atoms with Crippen LogP contribution in [0.25, 0.3) is 0 Å². The largest absolute Gasteiger partial charge is 0.184 e. The first kappa shape index (κ1) is 9.32. The molecule has 1 unspecified atom stereocenters. The molecule has 1 atom stereocenters. The number of hydrogen-bond acceptors (Lipinski definition) is 3. The van der Waals surface area contributed by atoms with Gasteiger partial charge < -0.3 is 0 Å². The van der Waals surface area contributed by atoms with Gasteiger partial charge in [0, 0.05) is 0 Å². The minimum Gasteiger partial charge on any atom is -0.184 e. The van der Waals surface area contributed by atoms with Gasteiger partial charge in [-0.25, -0.2) is 0 Å². The zero-order valence-corrected chi connectivity index (χ0v) is 7.85. The van der Waals surface area contributed by atoms with E-state index in [0.29, 0.717) is 6.04 Å². The molecule has 4 heteroatoms. The smallest absolute Gasteiger partial charge is 0.130 e. The summed E-state index contributed by atoms with van der Waals surface area (Å²) in [5.41, 5.74) is 3.02. The molecule has 3 nitrogen and oxygen atoms in total. The Morgan fingerprint density at radius 3 is 2.36 bits per heavy atom. The van der Waals surface area contributed by atoms with Gasteiger partial charge in [-0.3, -0.25) is 0 Å². The van der Waals surface area contributed by atoms with Crippen molar-refractivity contribution < 1.29 is 9.37 Å². The lowest BCUT2D eigenvalue weighted by atomic mass is 9.96. The maximum Gasteiger partial charge on any atom is 0.130 e. The highest BCUT2D eigenvalue weighted by Gasteiger charge is 2.22. The third kappa shape index (κ3) is 3.96. The van der Waals surface area contributed by atoms with Gasteiger partial charge in [-0.15, -0.1) is 5.43 Å². The summed E-state index contributed by atoms with van der Waals surface area (Å²) in [6.45, 7) is 0. The van der Waals surface area contributed by atoms with Crippen LogP contribution in [-0.4, -0.2) is 22.5 Å². The number of hydrogen-bond donors (Lipinski definition) is 3. The van der Waals surface area contributed by atoms with Crippen LogP contribution in [0, 0.1) is 0 Å². The molecule has 2 N–H and O–H groups in total. The van der Waals surface area contributed by atoms with Gasteiger partial charge in [-0.2, -0.15) is 5.21 Å². The molecule has 0 bridgehead atoms. The average molecular weight is 177 g/mol. The first-order valence-corrected chi connectivity index (χ1v) is 4.58. The summed E-state index contributed by atoms with van der Waals surface area (Å²) in [5, 5.41) is 9.26. The zero-order chi connectivity index (χ0) is 8.32. The second-order valence-corrected chi connectivity index (χ2v) is 4.16. The molecule has 0 saturated heterocycles. The van der Waals surface area contributed by atoms with Crippen molar-refractivity contribution in [3.8, 4) is 0 Å². The van der Waals surface area contributed by atoms with E-state index in [-0.39, 0.29) is 0 Å². The van der Waals surface area contributed by atoms with Gasteiger partial charge in [-0.05, 0) is 12.8 Å². The van der Waals surface area contributed by atoms with Crippen LogP contribution in [0.1, 0.15) is 32.1 Å². The molecule has 66 valence electrons. The monoisotopic (exact) mass is 177 g/mol. The van der Waals surface area contributed by atoms with E-state index in [0.717, 1.165) is 12.8 Å². The van der Waals surface area contributed by atoms with Gasteiger partial charge in [0.1, 0.15) is 19.9 Å². The Morgan fingerprint density at radius 1 is 1.36 bits per heavy atom. The molecule has 0 aromatic heterocycles. The fraction of sp³-hybridized carbons (Fsp3) is 1.00. The predicted octanol–water partition coefficient (Wildman–Crippen LogP) is 1.50. The molecule has 0 heterocycles. The minimum atomic E-state index is -0.412. The van der Waals surface area contributed by atoms with E-state index >= 15 is 0 Å². The number of nitrogens with one attached hydrogen (secondary N) is 1. The molecule has 11 heavy (non-hydrogen) atoms. The van der Waals surface area contributed by atoms with Crippen LogP contribution < -0.4 is 5.43 Å². The molecular formula is C7H17N2OS+. The second-order valence-electron chi connectivity index (χ2n) is 3.38. The quantitative estimate of drug-likeness (QED) is 0.339. The lowest BCUT2D eigenvalue weighted by Gasteiger charge is -2.27. The highest BCUT2D eigenvalue weighted by molar-refractivity contribution is 7.74. The van der Waals surface area contributed by atoms with Crippen LogP contribution in [0.2, 0.25) is 0 Å². The van der Waals surface area contributed by atoms with Crippen molar-refractivity contribution in [2.75, 3.05) is 7.05 Å². The number of rotatable bonds is 2. The topological polar surface area (TPSA) is 32.3 Å². The maximum atomic E-state index is 9.26. The summed E-state index contributed by atoms with van der Waals surface area (Å²) in [5.74, 6) is 0. The van der Waals surface area contributed by atoms with E-state index in [2.05, 4.69) is 18.2 Å². The predicted molar refractivity (Wildman–Crippen MR) is 47.0 cm³/mol. The Hall–Kier alpha value is 0.230. The van der Waals surface area contributed by atoms with Crippen molar-refractivity contribution in [1.82, 2.24) is 5.43 Å². The van der Waals surface area contributed by atoms with Crippen LogP contribution >= 0.6 is 12.8 Å². The molecule has 0 radical (unpaired) electrons. The number of quaternary nitrogens is 1. The van der Waals surface area contributed by atoms with E-state index in [1.807, 2.05) is 0 Å². The molecule has 0 aromatic carbocycles. The van der Waals surface area contributed by atoms with Gasteiger partial charge in [0.2, 0.25) is 0 Å². The van der Waals surface area contributed by atoms with Crippen molar-refractivity contribution >= 4 is 12.8 Å². The summed E-state index contributed by atoms with van der Waals surface area (Å²) in [4.78, 5) is 0. The van der Waals surface area contributed by atoms with E-state index in [4.69, 9.17) is 0 Å². The third-order valence-electron chi connectivity index (χ3n) is 2.03. The lowest BCUT2D eigenvalue weighted by molar-refractivity contribution is -1.01. The molecule has 0 aromatic rings. The molecule has 0 aliphatic heterocycles. The van der Waals surface area contributed by atoms with Crippen molar-refractivity contribution in [2.45, 2.75) is 38.1 Å². The fourth-order valence-corrected chi connectivity index (χ4v) is 1.74. The maximum absolute atomic E-state index is 9.26. The number of nitrogens with zero attached hydrogens (tertiary/aromatic N) is 1. The lowest BCUT2D eigenvalue weighted by Crippen LogP contribution is -2.50. The van der Waals surface area contributed by atoms with Gasteiger partial charge in [-0.1, -0.05) is 23.4 Å². The molecule has 1 rings (SSSR count). The van der Waals surface area contributed by atoms with Crippen LogP contribution in [0.5, 0.6) is 0 Å². The van der Waals surface area contributed by atoms with Crippen molar-refractivity contribution in [3.05, 3.63) is 0 Å². The minimum absolute atomic E-state index is 0.412. The van der Waals surface area contributed by atoms with Gasteiger partial charge in [0.15, 0.2) is 0 Å². The Kier molecular flexibility index (Phi) is 3.18. The zero-order valence-electron chi connectivity index (χ0n) is 6.95. The molecule has 0 spiro atoms. The molecule has 0 amide bonds. The Bertz CT molecular complexity index is 118. The standard InChI is InChI=1S/C7H17N2OS/c1-9(10,11)8-7-5-3-2-4-6-7/h7-8,10-11H,2-6H2,1H3/q+1. The normalized spacial score (nSPS) is 26.5. The highest BCUT2D eigenvalue weighted by atomic mass is 32.1.